The average Bonchev–Trinajstić information content (AvgIpc) is 2.80. The summed E-state index contributed by atoms with van der Waals surface area (Å²) < 4.78 is 3.78. The largest absolute Gasteiger partial charge is 0.363 e. The second-order valence-corrected chi connectivity index (χ2v) is 4.25. The van der Waals surface area contributed by atoms with Crippen LogP contribution in [-0.2, 0) is 27.1 Å². The lowest BCUT2D eigenvalue weighted by Gasteiger charge is -2.02. The van der Waals surface area contributed by atoms with Gasteiger partial charge in [0.15, 0.2) is 0 Å². The van der Waals surface area contributed by atoms with Crippen LogP contribution in [0, 0.1) is 6.92 Å². The summed E-state index contributed by atoms with van der Waals surface area (Å²) in [7, 11) is 3.92. The van der Waals surface area contributed by atoms with Gasteiger partial charge in [0.2, 0.25) is 0 Å². The van der Waals surface area contributed by atoms with E-state index in [2.05, 4.69) is 28.5 Å². The number of anilines is 1. The average molecular weight is 233 g/mol. The highest BCUT2D eigenvalue weighted by Crippen LogP contribution is 2.10. The van der Waals surface area contributed by atoms with Crippen LogP contribution < -0.4 is 5.32 Å². The molecule has 1 N–H and O–H groups in total. The molecule has 17 heavy (non-hydrogen) atoms. The Hall–Kier alpha value is -1.78. The SMILES string of the molecule is CCc1cc(CNc2cc(C)n(C)n2)n(C)n1. The van der Waals surface area contributed by atoms with Crippen molar-refractivity contribution in [2.45, 2.75) is 26.8 Å². The second-order valence-electron chi connectivity index (χ2n) is 4.25. The highest BCUT2D eigenvalue weighted by molar-refractivity contribution is 5.36. The maximum Gasteiger partial charge on any atom is 0.148 e. The Kier molecular flexibility index (Phi) is 3.17. The molecule has 5 heteroatoms. The lowest BCUT2D eigenvalue weighted by atomic mass is 10.3. The van der Waals surface area contributed by atoms with Crippen molar-refractivity contribution >= 4 is 5.82 Å². The lowest BCUT2D eigenvalue weighted by molar-refractivity contribution is 0.703. The minimum absolute atomic E-state index is 0.750. The van der Waals surface area contributed by atoms with Crippen molar-refractivity contribution in [1.29, 1.82) is 0 Å². The smallest absolute Gasteiger partial charge is 0.148 e. The molecule has 0 bridgehead atoms. The zero-order valence-electron chi connectivity index (χ0n) is 10.9. The fourth-order valence-corrected chi connectivity index (χ4v) is 1.74. The van der Waals surface area contributed by atoms with Gasteiger partial charge in [-0.15, -0.1) is 0 Å². The normalized spacial score (nSPS) is 10.8. The van der Waals surface area contributed by atoms with Crippen molar-refractivity contribution in [2.75, 3.05) is 5.32 Å². The van der Waals surface area contributed by atoms with Gasteiger partial charge in [0, 0.05) is 25.9 Å². The Morgan fingerprint density at radius 3 is 2.47 bits per heavy atom. The summed E-state index contributed by atoms with van der Waals surface area (Å²) >= 11 is 0. The van der Waals surface area contributed by atoms with Gasteiger partial charge < -0.3 is 5.32 Å². The van der Waals surface area contributed by atoms with E-state index in [4.69, 9.17) is 0 Å². The molecule has 0 aromatic carbocycles. The minimum Gasteiger partial charge on any atom is -0.363 e. The van der Waals surface area contributed by atoms with Gasteiger partial charge in [0.1, 0.15) is 5.82 Å². The molecule has 0 saturated heterocycles. The first-order valence-corrected chi connectivity index (χ1v) is 5.86. The minimum atomic E-state index is 0.750. The van der Waals surface area contributed by atoms with E-state index in [9.17, 15) is 0 Å². The Labute approximate surface area is 101 Å². The molecule has 2 aromatic rings. The molecule has 0 amide bonds. The van der Waals surface area contributed by atoms with E-state index in [0.29, 0.717) is 0 Å². The van der Waals surface area contributed by atoms with Crippen LogP contribution in [0.15, 0.2) is 12.1 Å². The third-order valence-corrected chi connectivity index (χ3v) is 2.95. The summed E-state index contributed by atoms with van der Waals surface area (Å²) in [6, 6.07) is 4.17. The summed E-state index contributed by atoms with van der Waals surface area (Å²) in [5.41, 5.74) is 3.44. The van der Waals surface area contributed by atoms with Crippen molar-refractivity contribution in [1.82, 2.24) is 19.6 Å². The van der Waals surface area contributed by atoms with Gasteiger partial charge in [-0.25, -0.2) is 0 Å². The van der Waals surface area contributed by atoms with Crippen LogP contribution in [0.2, 0.25) is 0 Å². The molecule has 0 saturated carbocycles. The van der Waals surface area contributed by atoms with Crippen LogP contribution in [0.1, 0.15) is 24.0 Å². The monoisotopic (exact) mass is 233 g/mol. The molecule has 5 nitrogen and oxygen atoms in total. The van der Waals surface area contributed by atoms with Crippen molar-refractivity contribution < 1.29 is 0 Å². The Bertz CT molecular complexity index is 489. The van der Waals surface area contributed by atoms with Gasteiger partial charge >= 0.3 is 0 Å². The van der Waals surface area contributed by atoms with Crippen LogP contribution in [0.25, 0.3) is 0 Å². The first kappa shape index (κ1) is 11.7. The summed E-state index contributed by atoms with van der Waals surface area (Å²) in [5.74, 6) is 0.907. The standard InChI is InChI=1S/C12H19N5/c1-5-10-7-11(17(4)14-10)8-13-12-6-9(2)16(3)15-12/h6-7H,5,8H2,1-4H3,(H,13,15). The van der Waals surface area contributed by atoms with Gasteiger partial charge in [-0.05, 0) is 19.4 Å². The van der Waals surface area contributed by atoms with Gasteiger partial charge in [-0.2, -0.15) is 10.2 Å². The molecular weight excluding hydrogens is 214 g/mol. The zero-order chi connectivity index (χ0) is 12.4. The molecule has 0 atom stereocenters. The summed E-state index contributed by atoms with van der Waals surface area (Å²) in [5, 5.41) is 12.1. The first-order valence-electron chi connectivity index (χ1n) is 5.86. The molecule has 0 unspecified atom stereocenters. The Morgan fingerprint density at radius 2 is 1.94 bits per heavy atom. The molecule has 0 fully saturated rings. The number of aromatic nitrogens is 4. The van der Waals surface area contributed by atoms with E-state index >= 15 is 0 Å². The van der Waals surface area contributed by atoms with Gasteiger partial charge in [0.05, 0.1) is 17.9 Å². The third kappa shape index (κ3) is 2.49. The van der Waals surface area contributed by atoms with E-state index in [1.807, 2.05) is 36.4 Å². The highest BCUT2D eigenvalue weighted by Gasteiger charge is 2.05. The third-order valence-electron chi connectivity index (χ3n) is 2.95. The maximum absolute atomic E-state index is 4.42. The quantitative estimate of drug-likeness (QED) is 0.873. The number of hydrogen-bond acceptors (Lipinski definition) is 3. The first-order chi connectivity index (χ1) is 8.10. The molecule has 0 spiro atoms. The summed E-state index contributed by atoms with van der Waals surface area (Å²) in [4.78, 5) is 0. The lowest BCUT2D eigenvalue weighted by Crippen LogP contribution is -2.06. The van der Waals surface area contributed by atoms with Gasteiger partial charge in [-0.3, -0.25) is 9.36 Å². The van der Waals surface area contributed by atoms with E-state index in [1.165, 1.54) is 5.69 Å². The van der Waals surface area contributed by atoms with E-state index in [1.54, 1.807) is 0 Å². The molecule has 0 aliphatic heterocycles. The molecule has 92 valence electrons. The summed E-state index contributed by atoms with van der Waals surface area (Å²) in [6.45, 7) is 4.90. The van der Waals surface area contributed by atoms with E-state index in [0.717, 1.165) is 30.2 Å². The van der Waals surface area contributed by atoms with Crippen LogP contribution in [-0.4, -0.2) is 19.6 Å². The van der Waals surface area contributed by atoms with E-state index in [-0.39, 0.29) is 0 Å². The van der Waals surface area contributed by atoms with Gasteiger partial charge in [-0.1, -0.05) is 6.92 Å². The van der Waals surface area contributed by atoms with Gasteiger partial charge in [0.25, 0.3) is 0 Å². The Balaban J connectivity index is 2.04. The fourth-order valence-electron chi connectivity index (χ4n) is 1.74. The number of aryl methyl sites for hydroxylation is 4. The van der Waals surface area contributed by atoms with Crippen molar-refractivity contribution in [3.63, 3.8) is 0 Å². The van der Waals surface area contributed by atoms with Crippen LogP contribution in [0.5, 0.6) is 0 Å². The summed E-state index contributed by atoms with van der Waals surface area (Å²) in [6.07, 6.45) is 0.969. The second kappa shape index (κ2) is 4.61. The molecule has 0 aliphatic carbocycles. The van der Waals surface area contributed by atoms with Crippen molar-refractivity contribution in [2.24, 2.45) is 14.1 Å². The van der Waals surface area contributed by atoms with E-state index < -0.39 is 0 Å². The molecule has 0 radical (unpaired) electrons. The van der Waals surface area contributed by atoms with Crippen molar-refractivity contribution in [3.05, 3.63) is 29.2 Å². The van der Waals surface area contributed by atoms with Crippen LogP contribution in [0.4, 0.5) is 5.82 Å². The van der Waals surface area contributed by atoms with Crippen LogP contribution >= 0.6 is 0 Å². The molecule has 2 aromatic heterocycles. The molecule has 0 aliphatic rings. The molecule has 2 rings (SSSR count). The number of nitrogens with zero attached hydrogens (tertiary/aromatic N) is 4. The topological polar surface area (TPSA) is 47.7 Å². The fraction of sp³-hybridized carbons (Fsp3) is 0.500. The van der Waals surface area contributed by atoms with Crippen LogP contribution in [0.3, 0.4) is 0 Å². The zero-order valence-corrected chi connectivity index (χ0v) is 10.9. The van der Waals surface area contributed by atoms with Crippen molar-refractivity contribution in [3.8, 4) is 0 Å². The predicted molar refractivity (Wildman–Crippen MR) is 67.9 cm³/mol. The number of hydrogen-bond donors (Lipinski definition) is 1. The molecule has 2 heterocycles. The maximum atomic E-state index is 4.42. The molecular formula is C12H19N5. The number of nitrogens with one attached hydrogen (secondary N) is 1. The highest BCUT2D eigenvalue weighted by atomic mass is 15.3. The Morgan fingerprint density at radius 1 is 1.18 bits per heavy atom. The predicted octanol–water partition coefficient (Wildman–Crippen LogP) is 1.64. The number of rotatable bonds is 4.